The molecule has 1 N–H and O–H groups in total. The Balaban J connectivity index is 1.70. The first-order valence-electron chi connectivity index (χ1n) is 7.93. The van der Waals surface area contributed by atoms with E-state index >= 15 is 0 Å². The van der Waals surface area contributed by atoms with E-state index in [1.165, 1.54) is 37.8 Å². The minimum absolute atomic E-state index is 0.453. The number of aromatic nitrogens is 1. The van der Waals surface area contributed by atoms with Crippen molar-refractivity contribution in [1.82, 2.24) is 10.3 Å². The van der Waals surface area contributed by atoms with Gasteiger partial charge in [0, 0.05) is 11.7 Å². The second-order valence-corrected chi connectivity index (χ2v) is 6.48. The molecule has 19 heavy (non-hydrogen) atoms. The summed E-state index contributed by atoms with van der Waals surface area (Å²) >= 11 is 0. The number of hydrogen-bond acceptors (Lipinski definition) is 2. The van der Waals surface area contributed by atoms with Crippen molar-refractivity contribution in [3.63, 3.8) is 0 Å². The number of nitrogens with one attached hydrogen (secondary N) is 1. The summed E-state index contributed by atoms with van der Waals surface area (Å²) in [5.41, 5.74) is 2.37. The van der Waals surface area contributed by atoms with Gasteiger partial charge in [0.2, 0.25) is 0 Å². The second kappa shape index (κ2) is 5.62. The van der Waals surface area contributed by atoms with Crippen LogP contribution in [0.5, 0.6) is 0 Å². The summed E-state index contributed by atoms with van der Waals surface area (Å²) in [6, 6.07) is 6.87. The number of aryl methyl sites for hydroxylation is 1. The van der Waals surface area contributed by atoms with E-state index in [2.05, 4.69) is 37.4 Å². The van der Waals surface area contributed by atoms with Crippen molar-refractivity contribution in [2.75, 3.05) is 6.54 Å². The van der Waals surface area contributed by atoms with Crippen LogP contribution in [0.15, 0.2) is 18.2 Å². The maximum atomic E-state index is 4.73. The van der Waals surface area contributed by atoms with E-state index in [0.717, 1.165) is 30.0 Å². The van der Waals surface area contributed by atoms with Gasteiger partial charge in [0.15, 0.2) is 0 Å². The van der Waals surface area contributed by atoms with Crippen LogP contribution in [-0.4, -0.2) is 11.5 Å². The Morgan fingerprint density at radius 2 is 2.21 bits per heavy atom. The number of hydrogen-bond donors (Lipinski definition) is 1. The molecule has 0 amide bonds. The van der Waals surface area contributed by atoms with Crippen LogP contribution in [0.3, 0.4) is 0 Å². The van der Waals surface area contributed by atoms with Crippen molar-refractivity contribution < 1.29 is 0 Å². The van der Waals surface area contributed by atoms with E-state index in [4.69, 9.17) is 4.98 Å². The summed E-state index contributed by atoms with van der Waals surface area (Å²) in [5, 5.41) is 3.65. The lowest BCUT2D eigenvalue weighted by atomic mass is 9.83. The number of fused-ring (bicyclic) bond motifs is 2. The van der Waals surface area contributed by atoms with Crippen molar-refractivity contribution in [3.05, 3.63) is 29.6 Å². The molecule has 1 heterocycles. The molecule has 2 bridgehead atoms. The van der Waals surface area contributed by atoms with Crippen LogP contribution in [-0.2, 0) is 0 Å². The van der Waals surface area contributed by atoms with E-state index in [1.807, 2.05) is 0 Å². The van der Waals surface area contributed by atoms with Crippen molar-refractivity contribution in [3.8, 4) is 0 Å². The number of pyridine rings is 1. The van der Waals surface area contributed by atoms with Gasteiger partial charge >= 0.3 is 0 Å². The van der Waals surface area contributed by atoms with Gasteiger partial charge in [0.1, 0.15) is 0 Å². The van der Waals surface area contributed by atoms with Crippen LogP contribution in [0.2, 0.25) is 0 Å². The molecule has 2 nitrogen and oxygen atoms in total. The molecule has 1 aromatic rings. The lowest BCUT2D eigenvalue weighted by molar-refractivity contribution is 0.278. The third-order valence-corrected chi connectivity index (χ3v) is 5.14. The molecule has 2 saturated carbocycles. The third kappa shape index (κ3) is 2.84. The van der Waals surface area contributed by atoms with Gasteiger partial charge in [-0.2, -0.15) is 0 Å². The summed E-state index contributed by atoms with van der Waals surface area (Å²) in [7, 11) is 0. The fraction of sp³-hybridized carbons (Fsp3) is 0.706. The van der Waals surface area contributed by atoms with Crippen LogP contribution in [0.4, 0.5) is 0 Å². The standard InChI is InChI=1S/C17H26N2/c1-3-18-17(16-6-4-5-12(2)19-16)11-15-10-13-7-8-14(15)9-13/h4-6,13-15,17-18H,3,7-11H2,1-2H3. The minimum Gasteiger partial charge on any atom is -0.309 e. The molecular formula is C17H26N2. The lowest BCUT2D eigenvalue weighted by Crippen LogP contribution is -2.26. The molecule has 0 aromatic carbocycles. The van der Waals surface area contributed by atoms with E-state index in [0.29, 0.717) is 6.04 Å². The van der Waals surface area contributed by atoms with Gasteiger partial charge in [-0.05, 0) is 69.0 Å². The van der Waals surface area contributed by atoms with Gasteiger partial charge in [-0.1, -0.05) is 19.4 Å². The molecule has 2 aliphatic carbocycles. The van der Waals surface area contributed by atoms with Crippen LogP contribution in [0.1, 0.15) is 56.5 Å². The van der Waals surface area contributed by atoms with Crippen molar-refractivity contribution in [1.29, 1.82) is 0 Å². The highest BCUT2D eigenvalue weighted by molar-refractivity contribution is 5.14. The highest BCUT2D eigenvalue weighted by Gasteiger charge is 2.40. The van der Waals surface area contributed by atoms with Gasteiger partial charge in [0.05, 0.1) is 5.69 Å². The van der Waals surface area contributed by atoms with Crippen molar-refractivity contribution in [2.45, 2.75) is 52.0 Å². The van der Waals surface area contributed by atoms with Crippen LogP contribution >= 0.6 is 0 Å². The largest absolute Gasteiger partial charge is 0.309 e. The molecule has 104 valence electrons. The van der Waals surface area contributed by atoms with Gasteiger partial charge in [0.25, 0.3) is 0 Å². The predicted molar refractivity (Wildman–Crippen MR) is 78.9 cm³/mol. The Morgan fingerprint density at radius 1 is 1.32 bits per heavy atom. The van der Waals surface area contributed by atoms with Crippen LogP contribution in [0.25, 0.3) is 0 Å². The van der Waals surface area contributed by atoms with Gasteiger partial charge in [-0.25, -0.2) is 0 Å². The molecule has 3 rings (SSSR count). The molecule has 2 heteroatoms. The summed E-state index contributed by atoms with van der Waals surface area (Å²) in [6.07, 6.45) is 7.24. The average Bonchev–Trinajstić information content (AvgIpc) is 3.00. The fourth-order valence-electron chi connectivity index (χ4n) is 4.28. The number of rotatable bonds is 5. The van der Waals surface area contributed by atoms with Gasteiger partial charge in [-0.3, -0.25) is 4.98 Å². The molecule has 1 aromatic heterocycles. The molecule has 2 aliphatic rings. The van der Waals surface area contributed by atoms with Crippen LogP contribution in [0, 0.1) is 24.7 Å². The van der Waals surface area contributed by atoms with E-state index in [-0.39, 0.29) is 0 Å². The van der Waals surface area contributed by atoms with Crippen molar-refractivity contribution in [2.24, 2.45) is 17.8 Å². The zero-order chi connectivity index (χ0) is 13.2. The fourth-order valence-corrected chi connectivity index (χ4v) is 4.28. The Hall–Kier alpha value is -0.890. The zero-order valence-corrected chi connectivity index (χ0v) is 12.2. The summed E-state index contributed by atoms with van der Waals surface area (Å²) in [6.45, 7) is 5.31. The maximum absolute atomic E-state index is 4.73. The Labute approximate surface area is 117 Å². The monoisotopic (exact) mass is 258 g/mol. The molecule has 4 atom stereocenters. The molecule has 0 aliphatic heterocycles. The van der Waals surface area contributed by atoms with Crippen LogP contribution < -0.4 is 5.32 Å². The van der Waals surface area contributed by atoms with Gasteiger partial charge in [-0.15, -0.1) is 0 Å². The molecule has 4 unspecified atom stereocenters. The number of nitrogens with zero attached hydrogens (tertiary/aromatic N) is 1. The Bertz CT molecular complexity index is 429. The predicted octanol–water partition coefficient (Wildman–Crippen LogP) is 3.87. The first kappa shape index (κ1) is 13.1. The topological polar surface area (TPSA) is 24.9 Å². The Morgan fingerprint density at radius 3 is 2.84 bits per heavy atom. The minimum atomic E-state index is 0.453. The van der Waals surface area contributed by atoms with E-state index < -0.39 is 0 Å². The van der Waals surface area contributed by atoms with E-state index in [1.54, 1.807) is 0 Å². The van der Waals surface area contributed by atoms with Crippen molar-refractivity contribution >= 4 is 0 Å². The SMILES string of the molecule is CCNC(CC1CC2CCC1C2)c1cccc(C)n1. The maximum Gasteiger partial charge on any atom is 0.0576 e. The smallest absolute Gasteiger partial charge is 0.0576 e. The molecule has 0 spiro atoms. The first-order chi connectivity index (χ1) is 9.26. The normalized spacial score (nSPS) is 30.7. The highest BCUT2D eigenvalue weighted by Crippen LogP contribution is 2.50. The lowest BCUT2D eigenvalue weighted by Gasteiger charge is -2.27. The molecule has 2 fully saturated rings. The summed E-state index contributed by atoms with van der Waals surface area (Å²) in [4.78, 5) is 4.73. The highest BCUT2D eigenvalue weighted by atomic mass is 14.9. The Kier molecular flexibility index (Phi) is 3.88. The molecule has 0 radical (unpaired) electrons. The van der Waals surface area contributed by atoms with E-state index in [9.17, 15) is 0 Å². The summed E-state index contributed by atoms with van der Waals surface area (Å²) < 4.78 is 0. The second-order valence-electron chi connectivity index (χ2n) is 6.48. The van der Waals surface area contributed by atoms with Gasteiger partial charge < -0.3 is 5.32 Å². The average molecular weight is 258 g/mol. The third-order valence-electron chi connectivity index (χ3n) is 5.14. The summed E-state index contributed by atoms with van der Waals surface area (Å²) in [5.74, 6) is 2.99. The zero-order valence-electron chi connectivity index (χ0n) is 12.2. The first-order valence-corrected chi connectivity index (χ1v) is 7.93. The molecule has 0 saturated heterocycles. The molecular weight excluding hydrogens is 232 g/mol. The quantitative estimate of drug-likeness (QED) is 0.867.